The van der Waals surface area contributed by atoms with Crippen molar-refractivity contribution in [2.45, 2.75) is 36.5 Å². The topological polar surface area (TPSA) is 112 Å². The Hall–Kier alpha value is -1.76. The van der Waals surface area contributed by atoms with Crippen LogP contribution in [0.3, 0.4) is 0 Å². The number of nitriles is 1. The SMILES string of the molecule is CSC(=NC1c2cc(S(C)(=O)=O)ccc2OC(C)(C)C1O)NC#N. The number of fused-ring (bicyclic) bond motifs is 1. The Balaban J connectivity index is 2.63. The third kappa shape index (κ3) is 3.66. The lowest BCUT2D eigenvalue weighted by Crippen LogP contribution is -2.48. The molecule has 0 aromatic heterocycles. The van der Waals surface area contributed by atoms with Gasteiger partial charge >= 0.3 is 0 Å². The molecule has 0 fully saturated rings. The molecule has 1 aliphatic rings. The number of aliphatic imine (C=N–C) groups is 1. The Kier molecular flexibility index (Phi) is 5.13. The molecular formula is C15H19N3O4S2. The van der Waals surface area contributed by atoms with Crippen LogP contribution in [0.25, 0.3) is 0 Å². The van der Waals surface area contributed by atoms with E-state index in [0.717, 1.165) is 6.26 Å². The number of aliphatic hydroxyl groups is 1. The average Bonchev–Trinajstić information content (AvgIpc) is 2.49. The summed E-state index contributed by atoms with van der Waals surface area (Å²) in [4.78, 5) is 4.53. The second kappa shape index (κ2) is 6.63. The van der Waals surface area contributed by atoms with Gasteiger partial charge in [0.1, 0.15) is 23.5 Å². The van der Waals surface area contributed by atoms with Crippen molar-refractivity contribution in [3.05, 3.63) is 23.8 Å². The molecule has 2 unspecified atom stereocenters. The quantitative estimate of drug-likeness (QED) is 0.351. The van der Waals surface area contributed by atoms with Gasteiger partial charge < -0.3 is 9.84 Å². The van der Waals surface area contributed by atoms with Crippen LogP contribution in [0.2, 0.25) is 0 Å². The van der Waals surface area contributed by atoms with Crippen molar-refractivity contribution < 1.29 is 18.3 Å². The van der Waals surface area contributed by atoms with E-state index in [1.807, 2.05) is 0 Å². The highest BCUT2D eigenvalue weighted by Crippen LogP contribution is 2.43. The number of hydrogen-bond donors (Lipinski definition) is 2. The fraction of sp³-hybridized carbons (Fsp3) is 0.467. The zero-order valence-corrected chi connectivity index (χ0v) is 15.4. The summed E-state index contributed by atoms with van der Waals surface area (Å²) in [5, 5.41) is 22.2. The highest BCUT2D eigenvalue weighted by atomic mass is 32.2. The van der Waals surface area contributed by atoms with Gasteiger partial charge in [-0.3, -0.25) is 10.3 Å². The molecule has 0 bridgehead atoms. The highest BCUT2D eigenvalue weighted by molar-refractivity contribution is 8.13. The van der Waals surface area contributed by atoms with Crippen molar-refractivity contribution in [1.29, 1.82) is 5.26 Å². The predicted octanol–water partition coefficient (Wildman–Crippen LogP) is 1.45. The van der Waals surface area contributed by atoms with Crippen LogP contribution >= 0.6 is 11.8 Å². The van der Waals surface area contributed by atoms with Gasteiger partial charge in [0.05, 0.1) is 4.90 Å². The molecule has 1 aromatic carbocycles. The summed E-state index contributed by atoms with van der Waals surface area (Å²) >= 11 is 1.22. The first-order chi connectivity index (χ1) is 11.1. The zero-order chi connectivity index (χ0) is 18.1. The standard InChI is InChI=1S/C15H19N3O4S2/c1-15(2)13(19)12(18-14(23-3)17-8-16)10-7-9(24(4,20)21)5-6-11(10)22-15/h5-7,12-13,19H,1-4H3,(H,17,18). The largest absolute Gasteiger partial charge is 0.485 e. The number of sulfone groups is 1. The predicted molar refractivity (Wildman–Crippen MR) is 92.7 cm³/mol. The summed E-state index contributed by atoms with van der Waals surface area (Å²) < 4.78 is 29.4. The number of benzene rings is 1. The Morgan fingerprint density at radius 1 is 1.50 bits per heavy atom. The van der Waals surface area contributed by atoms with Gasteiger partial charge in [0, 0.05) is 11.8 Å². The van der Waals surface area contributed by atoms with E-state index >= 15 is 0 Å². The highest BCUT2D eigenvalue weighted by Gasteiger charge is 2.43. The van der Waals surface area contributed by atoms with Crippen LogP contribution in [0.4, 0.5) is 0 Å². The fourth-order valence-electron chi connectivity index (χ4n) is 2.43. The summed E-state index contributed by atoms with van der Waals surface area (Å²) in [7, 11) is -3.41. The maximum Gasteiger partial charge on any atom is 0.183 e. The van der Waals surface area contributed by atoms with Crippen LogP contribution < -0.4 is 10.1 Å². The lowest BCUT2D eigenvalue weighted by atomic mass is 9.87. The first-order valence-corrected chi connectivity index (χ1v) is 10.2. The van der Waals surface area contributed by atoms with Gasteiger partial charge in [-0.25, -0.2) is 8.42 Å². The number of hydrogen-bond acceptors (Lipinski definition) is 7. The van der Waals surface area contributed by atoms with Gasteiger partial charge in [0.25, 0.3) is 0 Å². The minimum Gasteiger partial charge on any atom is -0.485 e. The van der Waals surface area contributed by atoms with Crippen LogP contribution in [0.1, 0.15) is 25.5 Å². The van der Waals surface area contributed by atoms with Crippen molar-refractivity contribution in [3.63, 3.8) is 0 Å². The number of amidine groups is 1. The maximum absolute atomic E-state index is 11.8. The molecular weight excluding hydrogens is 350 g/mol. The summed E-state index contributed by atoms with van der Waals surface area (Å²) in [6, 6.07) is 3.74. The lowest BCUT2D eigenvalue weighted by molar-refractivity contribution is -0.0567. The number of aliphatic hydroxyl groups excluding tert-OH is 1. The normalized spacial score (nSPS) is 22.9. The molecule has 9 heteroatoms. The summed E-state index contributed by atoms with van der Waals surface area (Å²) in [5.74, 6) is 0.462. The Morgan fingerprint density at radius 2 is 2.17 bits per heavy atom. The van der Waals surface area contributed by atoms with E-state index in [2.05, 4.69) is 10.3 Å². The van der Waals surface area contributed by atoms with E-state index < -0.39 is 27.6 Å². The summed E-state index contributed by atoms with van der Waals surface area (Å²) in [6.45, 7) is 3.45. The Morgan fingerprint density at radius 3 is 2.71 bits per heavy atom. The van der Waals surface area contributed by atoms with Gasteiger partial charge in [-0.1, -0.05) is 11.8 Å². The van der Waals surface area contributed by atoms with E-state index in [0.29, 0.717) is 16.5 Å². The maximum atomic E-state index is 11.8. The molecule has 24 heavy (non-hydrogen) atoms. The minimum atomic E-state index is -3.41. The molecule has 1 heterocycles. The molecule has 0 amide bonds. The van der Waals surface area contributed by atoms with Gasteiger partial charge in [0.15, 0.2) is 21.2 Å². The first kappa shape index (κ1) is 18.6. The summed E-state index contributed by atoms with van der Waals surface area (Å²) in [6.07, 6.45) is 3.64. The van der Waals surface area contributed by atoms with Gasteiger partial charge in [-0.15, -0.1) is 0 Å². The molecule has 2 rings (SSSR count). The lowest BCUT2D eigenvalue weighted by Gasteiger charge is -2.40. The van der Waals surface area contributed by atoms with Gasteiger partial charge in [0.2, 0.25) is 0 Å². The molecule has 0 spiro atoms. The van der Waals surface area contributed by atoms with E-state index in [1.54, 1.807) is 32.4 Å². The second-order valence-electron chi connectivity index (χ2n) is 5.94. The van der Waals surface area contributed by atoms with E-state index in [-0.39, 0.29) is 4.90 Å². The molecule has 0 saturated heterocycles. The van der Waals surface area contributed by atoms with Gasteiger partial charge in [-0.05, 0) is 38.3 Å². The van der Waals surface area contributed by atoms with Crippen molar-refractivity contribution >= 4 is 26.8 Å². The average molecular weight is 369 g/mol. The second-order valence-corrected chi connectivity index (χ2v) is 8.75. The number of thioether (sulfide) groups is 1. The third-order valence-electron chi connectivity index (χ3n) is 3.72. The van der Waals surface area contributed by atoms with Crippen molar-refractivity contribution in [3.8, 4) is 11.9 Å². The van der Waals surface area contributed by atoms with Crippen LogP contribution in [0.15, 0.2) is 28.1 Å². The third-order valence-corrected chi connectivity index (χ3v) is 5.43. The molecule has 1 aromatic rings. The zero-order valence-electron chi connectivity index (χ0n) is 13.8. The Labute approximate surface area is 145 Å². The summed E-state index contributed by atoms with van der Waals surface area (Å²) in [5.41, 5.74) is -0.444. The number of nitrogens with one attached hydrogen (secondary N) is 1. The molecule has 2 atom stereocenters. The van der Waals surface area contributed by atoms with Crippen molar-refractivity contribution in [2.75, 3.05) is 12.5 Å². The molecule has 0 radical (unpaired) electrons. The van der Waals surface area contributed by atoms with Gasteiger partial charge in [-0.2, -0.15) is 5.26 Å². The number of ether oxygens (including phenoxy) is 1. The first-order valence-electron chi connectivity index (χ1n) is 7.08. The molecule has 0 aliphatic carbocycles. The molecule has 130 valence electrons. The van der Waals surface area contributed by atoms with Crippen molar-refractivity contribution in [2.24, 2.45) is 4.99 Å². The molecule has 0 saturated carbocycles. The Bertz CT molecular complexity index is 812. The number of nitrogens with zero attached hydrogens (tertiary/aromatic N) is 2. The van der Waals surface area contributed by atoms with Crippen LogP contribution in [-0.4, -0.2) is 42.9 Å². The van der Waals surface area contributed by atoms with Crippen LogP contribution in [-0.2, 0) is 9.84 Å². The van der Waals surface area contributed by atoms with E-state index in [9.17, 15) is 13.5 Å². The van der Waals surface area contributed by atoms with E-state index in [1.165, 1.54) is 23.9 Å². The number of rotatable bonds is 2. The fourth-order valence-corrected chi connectivity index (χ4v) is 3.45. The smallest absolute Gasteiger partial charge is 0.183 e. The van der Waals surface area contributed by atoms with Crippen LogP contribution in [0, 0.1) is 11.5 Å². The van der Waals surface area contributed by atoms with Crippen molar-refractivity contribution in [1.82, 2.24) is 5.32 Å². The van der Waals surface area contributed by atoms with E-state index in [4.69, 9.17) is 10.00 Å². The molecule has 1 aliphatic heterocycles. The molecule has 7 nitrogen and oxygen atoms in total. The monoisotopic (exact) mass is 369 g/mol. The molecule has 2 N–H and O–H groups in total. The van der Waals surface area contributed by atoms with Crippen LogP contribution in [0.5, 0.6) is 5.75 Å². The minimum absolute atomic E-state index is 0.121.